The quantitative estimate of drug-likeness (QED) is 0.650. The summed E-state index contributed by atoms with van der Waals surface area (Å²) < 4.78 is 27.9. The lowest BCUT2D eigenvalue weighted by atomic mass is 10.0. The summed E-state index contributed by atoms with van der Waals surface area (Å²) in [7, 11) is -2.27. The van der Waals surface area contributed by atoms with Gasteiger partial charge in [0.15, 0.2) is 0 Å². The van der Waals surface area contributed by atoms with Gasteiger partial charge in [-0.3, -0.25) is 4.98 Å². The average Bonchev–Trinajstić information content (AvgIpc) is 2.63. The molecule has 0 bridgehead atoms. The Bertz CT molecular complexity index is 953. The van der Waals surface area contributed by atoms with Gasteiger partial charge >= 0.3 is 0 Å². The molecule has 1 aromatic heterocycles. The normalized spacial score (nSPS) is 12.9. The molecule has 1 atom stereocenters. The molecule has 0 aliphatic carbocycles. The van der Waals surface area contributed by atoms with Gasteiger partial charge in [-0.2, -0.15) is 4.31 Å². The number of rotatable bonds is 5. The van der Waals surface area contributed by atoms with E-state index in [9.17, 15) is 8.42 Å². The van der Waals surface area contributed by atoms with Crippen molar-refractivity contribution < 1.29 is 8.42 Å². The molecular formula is C20H19ClN2O2S. The molecule has 1 heterocycles. The molecule has 0 aliphatic heterocycles. The predicted molar refractivity (Wildman–Crippen MR) is 104 cm³/mol. The summed E-state index contributed by atoms with van der Waals surface area (Å²) in [6.07, 6.45) is 1.66. The standard InChI is InChI=1S/C20H19ClN2O2S/c1-15-11-12-19(17(21)14-15)26(24,25)23(2)20(16-8-4-3-5-9-16)18-10-6-7-13-22-18/h3-14,20H,1-2H3/t20-/m1/s1. The maximum Gasteiger partial charge on any atom is 0.245 e. The summed E-state index contributed by atoms with van der Waals surface area (Å²) in [6, 6.07) is 19.3. The van der Waals surface area contributed by atoms with Crippen LogP contribution in [0.25, 0.3) is 0 Å². The van der Waals surface area contributed by atoms with Crippen LogP contribution in [-0.2, 0) is 10.0 Å². The van der Waals surface area contributed by atoms with E-state index in [1.54, 1.807) is 37.5 Å². The smallest absolute Gasteiger partial charge is 0.245 e. The molecule has 26 heavy (non-hydrogen) atoms. The van der Waals surface area contributed by atoms with Gasteiger partial charge in [-0.05, 0) is 42.3 Å². The Kier molecular flexibility index (Phi) is 5.41. The van der Waals surface area contributed by atoms with Crippen LogP contribution in [0.4, 0.5) is 0 Å². The Morgan fingerprint density at radius 3 is 2.31 bits per heavy atom. The molecule has 0 saturated carbocycles. The SMILES string of the molecule is Cc1ccc(S(=O)(=O)N(C)[C@H](c2ccccc2)c2ccccn2)c(Cl)c1. The summed E-state index contributed by atoms with van der Waals surface area (Å²) in [5.74, 6) is 0. The molecule has 0 aliphatic rings. The molecule has 3 aromatic rings. The Morgan fingerprint density at radius 2 is 1.69 bits per heavy atom. The third-order valence-electron chi connectivity index (χ3n) is 4.19. The number of aromatic nitrogens is 1. The van der Waals surface area contributed by atoms with Crippen LogP contribution in [-0.4, -0.2) is 24.8 Å². The maximum absolute atomic E-state index is 13.3. The molecule has 2 aromatic carbocycles. The first-order valence-corrected chi connectivity index (χ1v) is 9.93. The van der Waals surface area contributed by atoms with E-state index in [0.29, 0.717) is 5.69 Å². The average molecular weight is 387 g/mol. The van der Waals surface area contributed by atoms with Crippen molar-refractivity contribution in [2.45, 2.75) is 17.9 Å². The topological polar surface area (TPSA) is 50.3 Å². The van der Waals surface area contributed by atoms with Gasteiger partial charge in [0.2, 0.25) is 10.0 Å². The molecule has 0 N–H and O–H groups in total. The summed E-state index contributed by atoms with van der Waals surface area (Å²) in [6.45, 7) is 1.87. The molecule has 0 spiro atoms. The Balaban J connectivity index is 2.12. The van der Waals surface area contributed by atoms with E-state index in [2.05, 4.69) is 4.98 Å². The molecule has 0 unspecified atom stereocenters. The van der Waals surface area contributed by atoms with Crippen LogP contribution < -0.4 is 0 Å². The second-order valence-electron chi connectivity index (χ2n) is 6.02. The minimum Gasteiger partial charge on any atom is -0.259 e. The number of hydrogen-bond donors (Lipinski definition) is 0. The van der Waals surface area contributed by atoms with Crippen molar-refractivity contribution >= 4 is 21.6 Å². The zero-order chi connectivity index (χ0) is 18.7. The predicted octanol–water partition coefficient (Wildman–Crippen LogP) is 4.45. The van der Waals surface area contributed by atoms with Crippen LogP contribution in [0.5, 0.6) is 0 Å². The highest BCUT2D eigenvalue weighted by Gasteiger charge is 2.32. The number of pyridine rings is 1. The Morgan fingerprint density at radius 1 is 1.00 bits per heavy atom. The minimum absolute atomic E-state index is 0.0872. The molecule has 0 saturated heterocycles. The van der Waals surface area contributed by atoms with Gasteiger partial charge in [-0.15, -0.1) is 0 Å². The highest BCUT2D eigenvalue weighted by molar-refractivity contribution is 7.89. The molecule has 6 heteroatoms. The second-order valence-corrected chi connectivity index (χ2v) is 8.40. The lowest BCUT2D eigenvalue weighted by Gasteiger charge is -2.28. The van der Waals surface area contributed by atoms with Crippen LogP contribution in [0.1, 0.15) is 22.9 Å². The Hall–Kier alpha value is -2.21. The van der Waals surface area contributed by atoms with Crippen molar-refractivity contribution in [1.29, 1.82) is 0 Å². The van der Waals surface area contributed by atoms with E-state index in [1.165, 1.54) is 4.31 Å². The van der Waals surface area contributed by atoms with Gasteiger partial charge < -0.3 is 0 Å². The third kappa shape index (κ3) is 3.65. The number of nitrogens with zero attached hydrogens (tertiary/aromatic N) is 2. The first kappa shape index (κ1) is 18.6. The van der Waals surface area contributed by atoms with Crippen LogP contribution in [0.15, 0.2) is 77.8 Å². The number of halogens is 1. The summed E-state index contributed by atoms with van der Waals surface area (Å²) >= 11 is 6.23. The van der Waals surface area contributed by atoms with Crippen molar-refractivity contribution in [2.24, 2.45) is 0 Å². The number of hydrogen-bond acceptors (Lipinski definition) is 3. The first-order valence-electron chi connectivity index (χ1n) is 8.11. The van der Waals surface area contributed by atoms with E-state index in [4.69, 9.17) is 11.6 Å². The van der Waals surface area contributed by atoms with Gasteiger partial charge in [-0.1, -0.05) is 54.1 Å². The minimum atomic E-state index is -3.82. The molecule has 0 fully saturated rings. The van der Waals surface area contributed by atoms with Gasteiger partial charge in [0.1, 0.15) is 4.90 Å². The van der Waals surface area contributed by atoms with E-state index in [-0.39, 0.29) is 9.92 Å². The molecule has 4 nitrogen and oxygen atoms in total. The van der Waals surface area contributed by atoms with Crippen molar-refractivity contribution in [3.05, 3.63) is 94.8 Å². The molecule has 134 valence electrons. The largest absolute Gasteiger partial charge is 0.259 e. The van der Waals surface area contributed by atoms with Crippen LogP contribution >= 0.6 is 11.6 Å². The molecule has 3 rings (SSSR count). The number of aryl methyl sites for hydroxylation is 1. The number of sulfonamides is 1. The molecule has 0 radical (unpaired) electrons. The summed E-state index contributed by atoms with van der Waals surface area (Å²) in [4.78, 5) is 4.47. The molecule has 0 amide bonds. The van der Waals surface area contributed by atoms with Crippen molar-refractivity contribution in [2.75, 3.05) is 7.05 Å². The Labute approximate surface area is 159 Å². The van der Waals surface area contributed by atoms with Crippen LogP contribution in [0.3, 0.4) is 0 Å². The first-order chi connectivity index (χ1) is 12.4. The second kappa shape index (κ2) is 7.58. The van der Waals surface area contributed by atoms with Crippen molar-refractivity contribution in [3.63, 3.8) is 0 Å². The van der Waals surface area contributed by atoms with E-state index in [1.807, 2.05) is 49.4 Å². The molecular weight excluding hydrogens is 368 g/mol. The van der Waals surface area contributed by atoms with Crippen molar-refractivity contribution in [3.8, 4) is 0 Å². The van der Waals surface area contributed by atoms with Gasteiger partial charge in [0.25, 0.3) is 0 Å². The lowest BCUT2D eigenvalue weighted by Crippen LogP contribution is -2.32. The van der Waals surface area contributed by atoms with Gasteiger partial charge in [0, 0.05) is 13.2 Å². The van der Waals surface area contributed by atoms with Gasteiger partial charge in [0.05, 0.1) is 16.8 Å². The van der Waals surface area contributed by atoms with Gasteiger partial charge in [-0.25, -0.2) is 8.42 Å². The van der Waals surface area contributed by atoms with Crippen LogP contribution in [0, 0.1) is 6.92 Å². The zero-order valence-electron chi connectivity index (χ0n) is 14.5. The monoisotopic (exact) mass is 386 g/mol. The fraction of sp³-hybridized carbons (Fsp3) is 0.150. The van der Waals surface area contributed by atoms with E-state index >= 15 is 0 Å². The maximum atomic E-state index is 13.3. The fourth-order valence-corrected chi connectivity index (χ4v) is 4.74. The highest BCUT2D eigenvalue weighted by Crippen LogP contribution is 2.33. The van der Waals surface area contributed by atoms with Crippen LogP contribution in [0.2, 0.25) is 5.02 Å². The highest BCUT2D eigenvalue weighted by atomic mass is 35.5. The van der Waals surface area contributed by atoms with Crippen molar-refractivity contribution in [1.82, 2.24) is 9.29 Å². The van der Waals surface area contributed by atoms with E-state index in [0.717, 1.165) is 11.1 Å². The summed E-state index contributed by atoms with van der Waals surface area (Å²) in [5, 5.41) is 0.213. The zero-order valence-corrected chi connectivity index (χ0v) is 16.1. The van der Waals surface area contributed by atoms with E-state index < -0.39 is 16.1 Å². The number of benzene rings is 2. The lowest BCUT2D eigenvalue weighted by molar-refractivity contribution is 0.412. The summed E-state index contributed by atoms with van der Waals surface area (Å²) in [5.41, 5.74) is 2.38. The fourth-order valence-electron chi connectivity index (χ4n) is 2.85. The third-order valence-corrected chi connectivity index (χ3v) is 6.50.